The van der Waals surface area contributed by atoms with Gasteiger partial charge >= 0.3 is 0 Å². The van der Waals surface area contributed by atoms with Gasteiger partial charge in [-0.25, -0.2) is 9.99 Å². The molecule has 1 unspecified atom stereocenters. The summed E-state index contributed by atoms with van der Waals surface area (Å²) in [4.78, 5) is 19.3. The third-order valence-corrected chi connectivity index (χ3v) is 11.0. The van der Waals surface area contributed by atoms with Crippen molar-refractivity contribution in [3.63, 3.8) is 0 Å². The first-order chi connectivity index (χ1) is 14.5. The molecule has 2 heterocycles. The van der Waals surface area contributed by atoms with Crippen LogP contribution in [-0.4, -0.2) is 42.0 Å². The summed E-state index contributed by atoms with van der Waals surface area (Å²) in [6.45, 7) is 9.06. The van der Waals surface area contributed by atoms with E-state index in [-0.39, 0.29) is 5.41 Å². The molecule has 1 aliphatic heterocycles. The fourth-order valence-corrected chi connectivity index (χ4v) is 9.51. The molecule has 1 aromatic heterocycles. The number of fused-ring (bicyclic) bond motifs is 7. The number of nitrogens with one attached hydrogen (secondary N) is 2. The maximum Gasteiger partial charge on any atom is 0.197 e. The Morgan fingerprint density at radius 1 is 1.07 bits per heavy atom. The van der Waals surface area contributed by atoms with Crippen LogP contribution in [0.3, 0.4) is 0 Å². The number of carbonyl (C=O) groups excluding carboxylic acids is 1. The van der Waals surface area contributed by atoms with Crippen LogP contribution in [0.1, 0.15) is 75.3 Å². The van der Waals surface area contributed by atoms with Crippen LogP contribution in [0, 0.1) is 28.6 Å². The predicted octanol–water partition coefficient (Wildman–Crippen LogP) is 4.22. The van der Waals surface area contributed by atoms with Crippen molar-refractivity contribution in [3.8, 4) is 0 Å². The van der Waals surface area contributed by atoms with Crippen LogP contribution in [0.4, 0.5) is 5.13 Å². The fraction of sp³-hybridized carbons (Fsp3) is 0.833. The number of hydrogen-bond donors (Lipinski definition) is 2. The summed E-state index contributed by atoms with van der Waals surface area (Å²) >= 11 is 1.93. The number of hydrogen-bond acceptors (Lipinski definition) is 6. The Hall–Kier alpha value is -0.980. The number of piperazine rings is 1. The maximum atomic E-state index is 12.7. The summed E-state index contributed by atoms with van der Waals surface area (Å²) in [5.41, 5.74) is 5.36. The van der Waals surface area contributed by atoms with Crippen molar-refractivity contribution in [3.05, 3.63) is 10.6 Å². The van der Waals surface area contributed by atoms with Gasteiger partial charge in [0.05, 0.1) is 5.69 Å². The van der Waals surface area contributed by atoms with Crippen LogP contribution in [0.2, 0.25) is 0 Å². The van der Waals surface area contributed by atoms with E-state index in [1.165, 1.54) is 31.4 Å². The zero-order valence-electron chi connectivity index (χ0n) is 18.5. The molecule has 4 fully saturated rings. The lowest BCUT2D eigenvalue weighted by atomic mass is 9.46. The molecule has 0 amide bonds. The number of rotatable bonds is 2. The first-order valence-electron chi connectivity index (χ1n) is 12.2. The summed E-state index contributed by atoms with van der Waals surface area (Å²) in [6.07, 6.45) is 9.40. The second-order valence-corrected chi connectivity index (χ2v) is 12.1. The Labute approximate surface area is 184 Å². The zero-order valence-corrected chi connectivity index (χ0v) is 19.3. The number of aryl methyl sites for hydroxylation is 1. The Bertz CT molecular complexity index is 848. The van der Waals surface area contributed by atoms with Crippen molar-refractivity contribution in [2.24, 2.45) is 28.6 Å². The lowest BCUT2D eigenvalue weighted by Crippen LogP contribution is -2.52. The topological polar surface area (TPSA) is 57.3 Å². The molecule has 0 bridgehead atoms. The van der Waals surface area contributed by atoms with Crippen molar-refractivity contribution in [2.75, 3.05) is 31.6 Å². The van der Waals surface area contributed by atoms with Crippen molar-refractivity contribution in [2.45, 2.75) is 71.1 Å². The molecule has 164 valence electrons. The van der Waals surface area contributed by atoms with Gasteiger partial charge in [0.2, 0.25) is 0 Å². The summed E-state index contributed by atoms with van der Waals surface area (Å²) in [5.74, 6) is 3.44. The maximum absolute atomic E-state index is 12.7. The van der Waals surface area contributed by atoms with Gasteiger partial charge in [0.25, 0.3) is 0 Å². The number of Topliss-reactive ketones (excluding diaryl/α,β-unsaturated/α-hetero) is 1. The molecule has 3 saturated carbocycles. The van der Waals surface area contributed by atoms with Crippen LogP contribution in [-0.2, 0) is 11.2 Å². The van der Waals surface area contributed by atoms with Crippen LogP contribution in [0.25, 0.3) is 0 Å². The molecule has 0 radical (unpaired) electrons. The minimum absolute atomic E-state index is 0.00489. The Balaban J connectivity index is 1.26. The fourth-order valence-electron chi connectivity index (χ4n) is 8.18. The van der Waals surface area contributed by atoms with Crippen molar-refractivity contribution < 1.29 is 4.79 Å². The van der Waals surface area contributed by atoms with Crippen LogP contribution >= 0.6 is 11.3 Å². The van der Waals surface area contributed by atoms with Gasteiger partial charge in [0, 0.05) is 48.8 Å². The lowest BCUT2D eigenvalue weighted by Gasteiger charge is -2.59. The van der Waals surface area contributed by atoms with E-state index in [1.54, 1.807) is 4.88 Å². The first kappa shape index (κ1) is 19.7. The molecule has 6 heteroatoms. The Morgan fingerprint density at radius 3 is 2.73 bits per heavy atom. The van der Waals surface area contributed by atoms with Gasteiger partial charge in [-0.15, -0.1) is 11.3 Å². The number of nitrogens with zero attached hydrogens (tertiary/aromatic N) is 2. The highest BCUT2D eigenvalue weighted by Gasteiger charge is 2.60. The van der Waals surface area contributed by atoms with Gasteiger partial charge in [-0.05, 0) is 68.1 Å². The molecule has 5 aliphatic rings. The largest absolute Gasteiger partial charge is 0.314 e. The van der Waals surface area contributed by atoms with E-state index in [4.69, 9.17) is 4.98 Å². The average molecular weight is 429 g/mol. The molecule has 0 spiro atoms. The minimum atomic E-state index is -0.00489. The molecule has 6 atom stereocenters. The molecule has 1 saturated heterocycles. The van der Waals surface area contributed by atoms with E-state index in [9.17, 15) is 4.79 Å². The molecule has 5 nitrogen and oxygen atoms in total. The SMILES string of the molecule is C[C@]12CCc3nc(NN4CCNCC4)sc3C1CC[C@@H]1[C@@H]2CC[C@]2(C)C(=O)CC[C@@H]12. The summed E-state index contributed by atoms with van der Waals surface area (Å²) in [5, 5.41) is 6.84. The Morgan fingerprint density at radius 2 is 1.90 bits per heavy atom. The number of carbonyl (C=O) groups is 1. The number of anilines is 1. The average Bonchev–Trinajstić information content (AvgIpc) is 3.28. The van der Waals surface area contributed by atoms with Crippen molar-refractivity contribution in [1.82, 2.24) is 15.3 Å². The van der Waals surface area contributed by atoms with Gasteiger partial charge in [-0.1, -0.05) is 13.8 Å². The van der Waals surface area contributed by atoms with Gasteiger partial charge in [0.1, 0.15) is 5.78 Å². The first-order valence-corrected chi connectivity index (χ1v) is 13.1. The smallest absolute Gasteiger partial charge is 0.197 e. The van der Waals surface area contributed by atoms with Crippen LogP contribution in [0.15, 0.2) is 0 Å². The number of aromatic nitrogens is 1. The van der Waals surface area contributed by atoms with Gasteiger partial charge < -0.3 is 5.32 Å². The van der Waals surface area contributed by atoms with Gasteiger partial charge in [-0.3, -0.25) is 10.2 Å². The monoisotopic (exact) mass is 428 g/mol. The van der Waals surface area contributed by atoms with E-state index in [1.807, 2.05) is 11.3 Å². The molecule has 2 N–H and O–H groups in total. The summed E-state index contributed by atoms with van der Waals surface area (Å²) in [6, 6.07) is 0. The molecule has 0 aromatic carbocycles. The molecule has 30 heavy (non-hydrogen) atoms. The summed E-state index contributed by atoms with van der Waals surface area (Å²) < 4.78 is 0. The minimum Gasteiger partial charge on any atom is -0.314 e. The second kappa shape index (κ2) is 7.01. The standard InChI is InChI=1S/C24H36N4OS/c1-23-10-8-19-21(30-22(26-19)27-28-13-11-25-12-14-28)18(23)4-3-15-16-5-6-20(29)24(16,2)9-7-17(15)23/h15-18,25H,3-14H2,1-2H3,(H,26,27)/t15-,16-,17-,18?,23+,24-/m0/s1. The van der Waals surface area contributed by atoms with E-state index in [2.05, 4.69) is 29.6 Å². The molecule has 6 rings (SSSR count). The number of thiazole rings is 1. The van der Waals surface area contributed by atoms with Crippen LogP contribution < -0.4 is 10.7 Å². The third kappa shape index (κ3) is 2.79. The van der Waals surface area contributed by atoms with E-state index in [0.29, 0.717) is 23.0 Å². The van der Waals surface area contributed by atoms with Crippen LogP contribution in [0.5, 0.6) is 0 Å². The highest BCUT2D eigenvalue weighted by atomic mass is 32.1. The highest BCUT2D eigenvalue weighted by molar-refractivity contribution is 7.15. The molecule has 1 aromatic rings. The normalized spacial score (nSPS) is 43.5. The van der Waals surface area contributed by atoms with E-state index >= 15 is 0 Å². The molecular weight excluding hydrogens is 392 g/mol. The second-order valence-electron chi connectivity index (χ2n) is 11.1. The van der Waals surface area contributed by atoms with Crippen molar-refractivity contribution >= 4 is 22.3 Å². The molecular formula is C24H36N4OS. The third-order valence-electron chi connectivity index (χ3n) is 9.89. The predicted molar refractivity (Wildman–Crippen MR) is 121 cm³/mol. The Kier molecular flexibility index (Phi) is 4.60. The van der Waals surface area contributed by atoms with E-state index in [0.717, 1.165) is 68.8 Å². The highest BCUT2D eigenvalue weighted by Crippen LogP contribution is 2.67. The zero-order chi connectivity index (χ0) is 20.5. The van der Waals surface area contributed by atoms with E-state index < -0.39 is 0 Å². The number of ketones is 1. The number of hydrazine groups is 1. The van der Waals surface area contributed by atoms with Crippen molar-refractivity contribution in [1.29, 1.82) is 0 Å². The lowest BCUT2D eigenvalue weighted by molar-refractivity contribution is -0.134. The summed E-state index contributed by atoms with van der Waals surface area (Å²) in [7, 11) is 0. The van der Waals surface area contributed by atoms with Gasteiger partial charge in [-0.2, -0.15) is 0 Å². The molecule has 4 aliphatic carbocycles. The van der Waals surface area contributed by atoms with Gasteiger partial charge in [0.15, 0.2) is 5.13 Å². The quantitative estimate of drug-likeness (QED) is 0.739.